The van der Waals surface area contributed by atoms with Gasteiger partial charge in [0.2, 0.25) is 0 Å². The van der Waals surface area contributed by atoms with Crippen LogP contribution in [0.1, 0.15) is 27.2 Å². The first-order valence-corrected chi connectivity index (χ1v) is 4.06. The van der Waals surface area contributed by atoms with Crippen molar-refractivity contribution in [3.63, 3.8) is 0 Å². The van der Waals surface area contributed by atoms with Crippen molar-refractivity contribution in [2.75, 3.05) is 0 Å². The molecule has 0 aliphatic rings. The number of hydrogen-bond donors (Lipinski definition) is 1. The normalized spacial score (nSPS) is 15.6. The quantitative estimate of drug-likeness (QED) is 0.695. The van der Waals surface area contributed by atoms with E-state index in [0.29, 0.717) is 0 Å². The van der Waals surface area contributed by atoms with E-state index in [1.165, 1.54) is 20.8 Å². The van der Waals surface area contributed by atoms with Crippen molar-refractivity contribution in [1.82, 2.24) is 0 Å². The molecule has 0 saturated heterocycles. The van der Waals surface area contributed by atoms with E-state index in [4.69, 9.17) is 5.11 Å². The van der Waals surface area contributed by atoms with Crippen molar-refractivity contribution >= 4 is 0 Å². The number of halogens is 6. The average Bonchev–Trinajstić information content (AvgIpc) is 1.77. The Hall–Kier alpha value is -0.460. The van der Waals surface area contributed by atoms with Crippen LogP contribution in [0, 0.1) is 5.41 Å². The van der Waals surface area contributed by atoms with E-state index in [1.54, 1.807) is 0 Å². The Labute approximate surface area is 83.1 Å². The van der Waals surface area contributed by atoms with Gasteiger partial charge in [-0.3, -0.25) is 0 Å². The van der Waals surface area contributed by atoms with E-state index in [1.807, 2.05) is 0 Å². The van der Waals surface area contributed by atoms with Gasteiger partial charge in [-0.1, -0.05) is 20.8 Å². The molecule has 0 bridgehead atoms. The van der Waals surface area contributed by atoms with Crippen LogP contribution in [0.2, 0.25) is 0 Å². The lowest BCUT2D eigenvalue weighted by Gasteiger charge is -2.36. The fourth-order valence-corrected chi connectivity index (χ4v) is 1.13. The van der Waals surface area contributed by atoms with Crippen LogP contribution < -0.4 is 0 Å². The van der Waals surface area contributed by atoms with Crippen molar-refractivity contribution in [3.05, 3.63) is 0 Å². The Bertz CT molecular complexity index is 207. The second-order valence-electron chi connectivity index (χ2n) is 4.59. The largest absolute Gasteiger partial charge is 0.426 e. The van der Waals surface area contributed by atoms with Crippen LogP contribution in [0.15, 0.2) is 0 Å². The van der Waals surface area contributed by atoms with E-state index >= 15 is 0 Å². The zero-order valence-corrected chi connectivity index (χ0v) is 8.42. The highest BCUT2D eigenvalue weighted by Gasteiger charge is 2.70. The third-order valence-electron chi connectivity index (χ3n) is 1.72. The third-order valence-corrected chi connectivity index (χ3v) is 1.72. The molecule has 0 saturated carbocycles. The van der Waals surface area contributed by atoms with E-state index in [-0.39, 0.29) is 0 Å². The van der Waals surface area contributed by atoms with Gasteiger partial charge in [0.1, 0.15) is 0 Å². The van der Waals surface area contributed by atoms with Gasteiger partial charge in [-0.15, -0.1) is 0 Å². The lowest BCUT2D eigenvalue weighted by atomic mass is 9.81. The second-order valence-corrected chi connectivity index (χ2v) is 4.59. The molecule has 92 valence electrons. The van der Waals surface area contributed by atoms with Crippen molar-refractivity contribution in [2.24, 2.45) is 5.41 Å². The number of rotatable bonds is 1. The lowest BCUT2D eigenvalue weighted by molar-refractivity contribution is -0.375. The maximum absolute atomic E-state index is 12.2. The number of alkyl halides is 6. The molecule has 1 N–H and O–H groups in total. The van der Waals surface area contributed by atoms with Crippen LogP contribution in [0.3, 0.4) is 0 Å². The molecule has 0 aromatic rings. The summed E-state index contributed by atoms with van der Waals surface area (Å²) in [6, 6.07) is 0. The molecule has 7 heteroatoms. The Morgan fingerprint density at radius 2 is 1.07 bits per heavy atom. The predicted molar refractivity (Wildman–Crippen MR) is 41.1 cm³/mol. The van der Waals surface area contributed by atoms with E-state index in [0.717, 1.165) is 0 Å². The highest BCUT2D eigenvalue weighted by atomic mass is 19.4. The fourth-order valence-electron chi connectivity index (χ4n) is 1.13. The van der Waals surface area contributed by atoms with Gasteiger partial charge < -0.3 is 5.11 Å². The summed E-state index contributed by atoms with van der Waals surface area (Å²) in [5, 5.41) is 8.77. The molecule has 1 nitrogen and oxygen atoms in total. The summed E-state index contributed by atoms with van der Waals surface area (Å²) >= 11 is 0. The molecule has 0 heterocycles. The molecule has 0 amide bonds. The Kier molecular flexibility index (Phi) is 3.43. The molecule has 0 spiro atoms. The van der Waals surface area contributed by atoms with Gasteiger partial charge in [-0.25, -0.2) is 0 Å². The average molecular weight is 238 g/mol. The third kappa shape index (κ3) is 3.25. The van der Waals surface area contributed by atoms with Gasteiger partial charge >= 0.3 is 12.4 Å². The summed E-state index contributed by atoms with van der Waals surface area (Å²) < 4.78 is 73.0. The van der Waals surface area contributed by atoms with E-state index in [2.05, 4.69) is 0 Å². The molecule has 0 fully saturated rings. The van der Waals surface area contributed by atoms with Gasteiger partial charge in [0.15, 0.2) is 0 Å². The predicted octanol–water partition coefficient (Wildman–Crippen LogP) is 3.28. The van der Waals surface area contributed by atoms with Gasteiger partial charge in [0, 0.05) is 0 Å². The smallest absolute Gasteiger partial charge is 0.374 e. The summed E-state index contributed by atoms with van der Waals surface area (Å²) in [6.45, 7) is 3.57. The van der Waals surface area contributed by atoms with Crippen LogP contribution in [-0.4, -0.2) is 23.1 Å². The van der Waals surface area contributed by atoms with Crippen molar-refractivity contribution in [1.29, 1.82) is 0 Å². The summed E-state index contributed by atoms with van der Waals surface area (Å²) in [5.74, 6) is 0. The van der Waals surface area contributed by atoms with Crippen molar-refractivity contribution in [2.45, 2.75) is 45.1 Å². The maximum Gasteiger partial charge on any atom is 0.426 e. The molecule has 0 aliphatic carbocycles. The SMILES string of the molecule is CC(C)(C)CC(O)(C(F)(F)F)C(F)(F)F. The summed E-state index contributed by atoms with van der Waals surface area (Å²) in [5.41, 5.74) is -5.93. The topological polar surface area (TPSA) is 20.2 Å². The molecule has 0 unspecified atom stereocenters. The standard InChI is InChI=1S/C8H12F6O/c1-5(2,3)4-6(15,7(9,10)11)8(12,13)14/h15H,4H2,1-3H3. The minimum Gasteiger partial charge on any atom is -0.374 e. The zero-order valence-electron chi connectivity index (χ0n) is 8.42. The highest BCUT2D eigenvalue weighted by molar-refractivity contribution is 4.96. The molecule has 0 radical (unpaired) electrons. The van der Waals surface area contributed by atoms with Crippen LogP contribution >= 0.6 is 0 Å². The van der Waals surface area contributed by atoms with Crippen molar-refractivity contribution in [3.8, 4) is 0 Å². The van der Waals surface area contributed by atoms with Gasteiger partial charge in [0.25, 0.3) is 5.60 Å². The summed E-state index contributed by atoms with van der Waals surface area (Å²) in [6.07, 6.45) is -12.9. The second kappa shape index (κ2) is 3.54. The van der Waals surface area contributed by atoms with Crippen LogP contribution in [0.5, 0.6) is 0 Å². The van der Waals surface area contributed by atoms with Gasteiger partial charge in [-0.2, -0.15) is 26.3 Å². The molecule has 0 rings (SSSR count). The molecule has 15 heavy (non-hydrogen) atoms. The molecule has 0 atom stereocenters. The van der Waals surface area contributed by atoms with Gasteiger partial charge in [0.05, 0.1) is 0 Å². The zero-order chi connectivity index (χ0) is 12.7. The summed E-state index contributed by atoms with van der Waals surface area (Å²) in [4.78, 5) is 0. The summed E-state index contributed by atoms with van der Waals surface area (Å²) in [7, 11) is 0. The Balaban J connectivity index is 5.26. The maximum atomic E-state index is 12.2. The molecule has 0 aromatic heterocycles. The van der Waals surface area contributed by atoms with E-state index in [9.17, 15) is 26.3 Å². The van der Waals surface area contributed by atoms with Crippen LogP contribution in [0.4, 0.5) is 26.3 Å². The highest BCUT2D eigenvalue weighted by Crippen LogP contribution is 2.48. The minimum absolute atomic E-state index is 1.19. The minimum atomic E-state index is -5.72. The fraction of sp³-hybridized carbons (Fsp3) is 1.00. The Morgan fingerprint density at radius 3 is 1.13 bits per heavy atom. The van der Waals surface area contributed by atoms with Gasteiger partial charge in [-0.05, 0) is 11.8 Å². The molecular weight excluding hydrogens is 226 g/mol. The first-order chi connectivity index (χ1) is 6.21. The number of aliphatic hydroxyl groups is 1. The lowest BCUT2D eigenvalue weighted by Crippen LogP contribution is -2.58. The van der Waals surface area contributed by atoms with E-state index < -0.39 is 29.8 Å². The van der Waals surface area contributed by atoms with Crippen LogP contribution in [-0.2, 0) is 0 Å². The van der Waals surface area contributed by atoms with Crippen LogP contribution in [0.25, 0.3) is 0 Å². The number of hydrogen-bond acceptors (Lipinski definition) is 1. The Morgan fingerprint density at radius 1 is 0.800 bits per heavy atom. The molecule has 0 aromatic carbocycles. The first-order valence-electron chi connectivity index (χ1n) is 4.06. The van der Waals surface area contributed by atoms with Crippen molar-refractivity contribution < 1.29 is 31.4 Å². The molecular formula is C8H12F6O. The monoisotopic (exact) mass is 238 g/mol. The molecule has 0 aliphatic heterocycles. The first kappa shape index (κ1) is 14.5.